The van der Waals surface area contributed by atoms with Crippen LogP contribution in [-0.4, -0.2) is 39.7 Å². The van der Waals surface area contributed by atoms with Crippen LogP contribution in [0.2, 0.25) is 0 Å². The average molecular weight is 471 g/mol. The fraction of sp³-hybridized carbons (Fsp3) is 0.304. The zero-order valence-corrected chi connectivity index (χ0v) is 19.3. The molecule has 3 aromatic rings. The van der Waals surface area contributed by atoms with Crippen LogP contribution >= 0.6 is 0 Å². The zero-order valence-electron chi connectivity index (χ0n) is 18.5. The molecule has 2 aromatic carbocycles. The normalized spacial score (nSPS) is 14.1. The van der Waals surface area contributed by atoms with Crippen molar-refractivity contribution in [3.63, 3.8) is 0 Å². The number of hydrogen-bond donors (Lipinski definition) is 2. The number of aryl methyl sites for hydroxylation is 1. The lowest BCUT2D eigenvalue weighted by molar-refractivity contribution is 0.0988. The predicted octanol–water partition coefficient (Wildman–Crippen LogP) is 4.04. The minimum absolute atomic E-state index is 0.0494. The standard InChI is InChI=1S/C23H26N4O5S/c1-16-14-21(32-25-16)23(28)24-18-8-11-20(27-12-4-3-5-13-27)22(15-18)33(29,30)26-17-6-9-19(31-2)10-7-17/h6-11,14-15,26H,3-5,12-13H2,1-2H3,(H,24,28). The first-order valence-corrected chi connectivity index (χ1v) is 12.1. The molecule has 0 saturated carbocycles. The molecule has 10 heteroatoms. The average Bonchev–Trinajstić information content (AvgIpc) is 3.26. The highest BCUT2D eigenvalue weighted by atomic mass is 32.2. The molecule has 0 unspecified atom stereocenters. The van der Waals surface area contributed by atoms with E-state index < -0.39 is 15.9 Å². The van der Waals surface area contributed by atoms with Gasteiger partial charge in [0.15, 0.2) is 0 Å². The van der Waals surface area contributed by atoms with E-state index in [1.807, 2.05) is 0 Å². The van der Waals surface area contributed by atoms with Crippen LogP contribution in [0.1, 0.15) is 35.5 Å². The highest BCUT2D eigenvalue weighted by Crippen LogP contribution is 2.32. The molecule has 1 saturated heterocycles. The van der Waals surface area contributed by atoms with Crippen LogP contribution in [0.4, 0.5) is 17.1 Å². The fourth-order valence-electron chi connectivity index (χ4n) is 3.74. The maximum absolute atomic E-state index is 13.4. The summed E-state index contributed by atoms with van der Waals surface area (Å²) in [5.74, 6) is 0.167. The van der Waals surface area contributed by atoms with Gasteiger partial charge in [-0.1, -0.05) is 5.16 Å². The molecule has 1 aliphatic heterocycles. The van der Waals surface area contributed by atoms with Crippen molar-refractivity contribution in [2.45, 2.75) is 31.1 Å². The second-order valence-electron chi connectivity index (χ2n) is 7.85. The molecule has 4 rings (SSSR count). The van der Waals surface area contributed by atoms with E-state index in [4.69, 9.17) is 9.26 Å². The van der Waals surface area contributed by atoms with E-state index in [9.17, 15) is 13.2 Å². The third-order valence-electron chi connectivity index (χ3n) is 5.40. The van der Waals surface area contributed by atoms with E-state index >= 15 is 0 Å². The second-order valence-corrected chi connectivity index (χ2v) is 9.50. The lowest BCUT2D eigenvalue weighted by Gasteiger charge is -2.30. The van der Waals surface area contributed by atoms with Gasteiger partial charge >= 0.3 is 0 Å². The molecule has 0 radical (unpaired) electrons. The molecule has 2 N–H and O–H groups in total. The van der Waals surface area contributed by atoms with Gasteiger partial charge in [0.2, 0.25) is 5.76 Å². The van der Waals surface area contributed by atoms with Crippen molar-refractivity contribution >= 4 is 33.0 Å². The molecule has 9 nitrogen and oxygen atoms in total. The van der Waals surface area contributed by atoms with Crippen LogP contribution in [0.5, 0.6) is 5.75 Å². The van der Waals surface area contributed by atoms with Crippen LogP contribution in [0.15, 0.2) is 57.9 Å². The number of hydrogen-bond acceptors (Lipinski definition) is 7. The maximum atomic E-state index is 13.4. The molecule has 0 bridgehead atoms. The molecule has 0 atom stereocenters. The van der Waals surface area contributed by atoms with Crippen LogP contribution in [0, 0.1) is 6.92 Å². The number of piperidine rings is 1. The number of rotatable bonds is 7. The summed E-state index contributed by atoms with van der Waals surface area (Å²) in [5, 5.41) is 6.41. The quantitative estimate of drug-likeness (QED) is 0.536. The Balaban J connectivity index is 1.67. The molecule has 2 heterocycles. The number of sulfonamides is 1. The summed E-state index contributed by atoms with van der Waals surface area (Å²) in [4.78, 5) is 14.7. The van der Waals surface area contributed by atoms with Gasteiger partial charge in [0.1, 0.15) is 10.6 Å². The lowest BCUT2D eigenvalue weighted by atomic mass is 10.1. The minimum atomic E-state index is -3.95. The number of methoxy groups -OCH3 is 1. The number of carbonyl (C=O) groups excluding carboxylic acids is 1. The largest absolute Gasteiger partial charge is 0.497 e. The monoisotopic (exact) mass is 470 g/mol. The number of nitrogens with one attached hydrogen (secondary N) is 2. The Kier molecular flexibility index (Phi) is 6.55. The van der Waals surface area contributed by atoms with Gasteiger partial charge < -0.3 is 19.5 Å². The summed E-state index contributed by atoms with van der Waals surface area (Å²) in [5.41, 5.74) is 1.92. The van der Waals surface area contributed by atoms with Gasteiger partial charge in [0.25, 0.3) is 15.9 Å². The van der Waals surface area contributed by atoms with Crippen molar-refractivity contribution in [3.05, 3.63) is 60.0 Å². The van der Waals surface area contributed by atoms with Crippen LogP contribution < -0.4 is 19.7 Å². The molecule has 174 valence electrons. The Morgan fingerprint density at radius 2 is 1.73 bits per heavy atom. The number of aromatic nitrogens is 1. The van der Waals surface area contributed by atoms with Gasteiger partial charge in [0, 0.05) is 30.5 Å². The smallest absolute Gasteiger partial charge is 0.294 e. The van der Waals surface area contributed by atoms with Gasteiger partial charge in [-0.2, -0.15) is 0 Å². The molecular weight excluding hydrogens is 444 g/mol. The minimum Gasteiger partial charge on any atom is -0.497 e. The highest BCUT2D eigenvalue weighted by molar-refractivity contribution is 7.92. The highest BCUT2D eigenvalue weighted by Gasteiger charge is 2.25. The molecule has 0 aliphatic carbocycles. The summed E-state index contributed by atoms with van der Waals surface area (Å²) >= 11 is 0. The van der Waals surface area contributed by atoms with Crippen LogP contribution in [0.3, 0.4) is 0 Å². The summed E-state index contributed by atoms with van der Waals surface area (Å²) in [6, 6.07) is 13.0. The molecule has 1 fully saturated rings. The molecule has 0 spiro atoms. The maximum Gasteiger partial charge on any atom is 0.294 e. The summed E-state index contributed by atoms with van der Waals surface area (Å²) in [6.45, 7) is 3.26. The Hall–Kier alpha value is -3.53. The molecular formula is C23H26N4O5S. The van der Waals surface area contributed by atoms with Crippen molar-refractivity contribution in [2.75, 3.05) is 35.1 Å². The molecule has 33 heavy (non-hydrogen) atoms. The lowest BCUT2D eigenvalue weighted by Crippen LogP contribution is -2.31. The van der Waals surface area contributed by atoms with E-state index in [0.29, 0.717) is 28.5 Å². The van der Waals surface area contributed by atoms with E-state index in [1.165, 1.54) is 12.1 Å². The van der Waals surface area contributed by atoms with E-state index in [0.717, 1.165) is 32.4 Å². The number of benzene rings is 2. The van der Waals surface area contributed by atoms with Gasteiger partial charge in [0.05, 0.1) is 18.5 Å². The van der Waals surface area contributed by atoms with Crippen molar-refractivity contribution < 1.29 is 22.5 Å². The Bertz CT molecular complexity index is 1230. The Labute approximate surface area is 192 Å². The fourth-order valence-corrected chi connectivity index (χ4v) is 5.05. The van der Waals surface area contributed by atoms with E-state index in [-0.39, 0.29) is 10.7 Å². The van der Waals surface area contributed by atoms with Crippen molar-refractivity contribution in [1.29, 1.82) is 0 Å². The number of carbonyl (C=O) groups is 1. The Morgan fingerprint density at radius 3 is 2.36 bits per heavy atom. The van der Waals surface area contributed by atoms with Gasteiger partial charge in [-0.25, -0.2) is 8.42 Å². The molecule has 1 amide bonds. The molecule has 1 aliphatic rings. The number of ether oxygens (including phenoxy) is 1. The van der Waals surface area contributed by atoms with Crippen LogP contribution in [0.25, 0.3) is 0 Å². The predicted molar refractivity (Wildman–Crippen MR) is 126 cm³/mol. The first-order valence-electron chi connectivity index (χ1n) is 10.7. The first kappa shape index (κ1) is 22.7. The van der Waals surface area contributed by atoms with Crippen molar-refractivity contribution in [3.8, 4) is 5.75 Å². The summed E-state index contributed by atoms with van der Waals surface area (Å²) < 4.78 is 39.6. The first-order chi connectivity index (χ1) is 15.9. The summed E-state index contributed by atoms with van der Waals surface area (Å²) in [6.07, 6.45) is 3.11. The van der Waals surface area contributed by atoms with Gasteiger partial charge in [-0.15, -0.1) is 0 Å². The third-order valence-corrected chi connectivity index (χ3v) is 6.81. The number of nitrogens with zero attached hydrogens (tertiary/aromatic N) is 2. The molecule has 1 aromatic heterocycles. The summed E-state index contributed by atoms with van der Waals surface area (Å²) in [7, 11) is -2.41. The SMILES string of the molecule is COc1ccc(NS(=O)(=O)c2cc(NC(=O)c3cc(C)no3)ccc2N2CCCCC2)cc1. The zero-order chi connectivity index (χ0) is 23.4. The third kappa shape index (κ3) is 5.28. The topological polar surface area (TPSA) is 114 Å². The van der Waals surface area contributed by atoms with Gasteiger partial charge in [-0.05, 0) is 68.7 Å². The number of anilines is 3. The second kappa shape index (κ2) is 9.53. The van der Waals surface area contributed by atoms with Gasteiger partial charge in [-0.3, -0.25) is 9.52 Å². The number of amides is 1. The Morgan fingerprint density at radius 1 is 1.03 bits per heavy atom. The van der Waals surface area contributed by atoms with Crippen LogP contribution in [-0.2, 0) is 10.0 Å². The van der Waals surface area contributed by atoms with Crippen molar-refractivity contribution in [1.82, 2.24) is 5.16 Å². The van der Waals surface area contributed by atoms with E-state index in [1.54, 1.807) is 50.4 Å². The van der Waals surface area contributed by atoms with Crippen molar-refractivity contribution in [2.24, 2.45) is 0 Å². The van der Waals surface area contributed by atoms with E-state index in [2.05, 4.69) is 20.1 Å².